The highest BCUT2D eigenvalue weighted by atomic mass is 19.3. The molecular weight excluding hydrogens is 414 g/mol. The minimum atomic E-state index is -4.34. The molecule has 0 saturated heterocycles. The Bertz CT molecular complexity index is 784. The van der Waals surface area contributed by atoms with Crippen molar-refractivity contribution in [2.24, 2.45) is 5.92 Å². The van der Waals surface area contributed by atoms with Crippen LogP contribution in [-0.4, -0.2) is 35.7 Å². The summed E-state index contributed by atoms with van der Waals surface area (Å²) in [6.07, 6.45) is 2.24. The van der Waals surface area contributed by atoms with Crippen LogP contribution in [0.5, 0.6) is 5.75 Å². The largest absolute Gasteiger partial charge is 0.544 e. The molecule has 0 bridgehead atoms. The molecule has 172 valence electrons. The quantitative estimate of drug-likeness (QED) is 0.446. The van der Waals surface area contributed by atoms with Crippen molar-refractivity contribution >= 4 is 18.1 Å². The van der Waals surface area contributed by atoms with Crippen LogP contribution in [0.1, 0.15) is 69.7 Å². The lowest BCUT2D eigenvalue weighted by atomic mass is 9.83. The maximum Gasteiger partial charge on any atom is 0.514 e. The van der Waals surface area contributed by atoms with Gasteiger partial charge in [0.1, 0.15) is 17.3 Å². The zero-order valence-electron chi connectivity index (χ0n) is 17.8. The van der Waals surface area contributed by atoms with Crippen LogP contribution in [0.3, 0.4) is 0 Å². The number of ether oxygens (including phenoxy) is 3. The van der Waals surface area contributed by atoms with Gasteiger partial charge in [0.15, 0.2) is 6.10 Å². The minimum absolute atomic E-state index is 0.101. The van der Waals surface area contributed by atoms with Gasteiger partial charge in [-0.2, -0.15) is 8.78 Å². The molecule has 9 heteroatoms. The lowest BCUT2D eigenvalue weighted by Gasteiger charge is -2.35. The van der Waals surface area contributed by atoms with Crippen LogP contribution in [0, 0.1) is 5.92 Å². The van der Waals surface area contributed by atoms with E-state index < -0.39 is 41.6 Å². The molecule has 1 unspecified atom stereocenters. The molecule has 0 spiro atoms. The molecule has 0 amide bonds. The normalized spacial score (nSPS) is 17.0. The van der Waals surface area contributed by atoms with E-state index in [4.69, 9.17) is 14.2 Å². The standard InChI is InChI=1S/C22H28F2O7/c1-4-21(12-6-5-7-13-21)31-20(28)29-16-10-8-15(9-11-16)18(25)30-17(14(2)3)22(23,24)19(26)27/h8-11,14,17H,4-7,12-13H2,1-3H3,(H,26,27)/p-1. The number of carboxylic acids is 1. The van der Waals surface area contributed by atoms with Gasteiger partial charge in [0.05, 0.1) is 5.56 Å². The number of carboxylic acid groups (broad SMARTS) is 1. The first-order valence-corrected chi connectivity index (χ1v) is 10.3. The zero-order valence-corrected chi connectivity index (χ0v) is 17.8. The number of rotatable bonds is 8. The van der Waals surface area contributed by atoms with Crippen LogP contribution in [-0.2, 0) is 14.3 Å². The molecule has 0 N–H and O–H groups in total. The maximum atomic E-state index is 13.8. The molecule has 1 saturated carbocycles. The van der Waals surface area contributed by atoms with Crippen LogP contribution < -0.4 is 9.84 Å². The summed E-state index contributed by atoms with van der Waals surface area (Å²) in [4.78, 5) is 35.1. The average molecular weight is 441 g/mol. The monoisotopic (exact) mass is 441 g/mol. The molecule has 0 heterocycles. The molecule has 1 aliphatic rings. The van der Waals surface area contributed by atoms with Crippen molar-refractivity contribution in [3.63, 3.8) is 0 Å². The molecule has 0 radical (unpaired) electrons. The van der Waals surface area contributed by atoms with Crippen LogP contribution in [0.15, 0.2) is 24.3 Å². The fraction of sp³-hybridized carbons (Fsp3) is 0.591. The van der Waals surface area contributed by atoms with Crippen molar-refractivity contribution in [3.8, 4) is 5.75 Å². The summed E-state index contributed by atoms with van der Waals surface area (Å²) in [6, 6.07) is 5.02. The third-order valence-corrected chi connectivity index (χ3v) is 5.47. The van der Waals surface area contributed by atoms with Crippen molar-refractivity contribution in [2.45, 2.75) is 76.9 Å². The number of esters is 1. The van der Waals surface area contributed by atoms with Crippen molar-refractivity contribution in [1.82, 2.24) is 0 Å². The van der Waals surface area contributed by atoms with Gasteiger partial charge in [-0.15, -0.1) is 0 Å². The number of benzene rings is 1. The Hall–Kier alpha value is -2.71. The molecule has 31 heavy (non-hydrogen) atoms. The molecule has 2 rings (SSSR count). The first kappa shape index (κ1) is 24.6. The van der Waals surface area contributed by atoms with E-state index in [1.165, 1.54) is 38.1 Å². The summed E-state index contributed by atoms with van der Waals surface area (Å²) in [5.74, 6) is -8.97. The zero-order chi connectivity index (χ0) is 23.2. The minimum Gasteiger partial charge on any atom is -0.544 e. The van der Waals surface area contributed by atoms with Gasteiger partial charge < -0.3 is 24.1 Å². The average Bonchev–Trinajstić information content (AvgIpc) is 2.72. The van der Waals surface area contributed by atoms with Crippen molar-refractivity contribution < 1.29 is 42.5 Å². The van der Waals surface area contributed by atoms with E-state index in [-0.39, 0.29) is 11.3 Å². The van der Waals surface area contributed by atoms with E-state index >= 15 is 0 Å². The lowest BCUT2D eigenvalue weighted by Crippen LogP contribution is -2.53. The fourth-order valence-electron chi connectivity index (χ4n) is 3.61. The van der Waals surface area contributed by atoms with Gasteiger partial charge in [0, 0.05) is 0 Å². The highest BCUT2D eigenvalue weighted by Crippen LogP contribution is 2.35. The Balaban J connectivity index is 2.01. The summed E-state index contributed by atoms with van der Waals surface area (Å²) in [5, 5.41) is 10.7. The van der Waals surface area contributed by atoms with Crippen LogP contribution in [0.25, 0.3) is 0 Å². The number of aliphatic carboxylic acids is 1. The molecule has 1 aromatic carbocycles. The van der Waals surface area contributed by atoms with Gasteiger partial charge in [-0.1, -0.05) is 27.2 Å². The van der Waals surface area contributed by atoms with Gasteiger partial charge in [-0.25, -0.2) is 9.59 Å². The Morgan fingerprint density at radius 1 is 1.10 bits per heavy atom. The van der Waals surface area contributed by atoms with Gasteiger partial charge in [-0.05, 0) is 62.3 Å². The maximum absolute atomic E-state index is 13.8. The predicted molar refractivity (Wildman–Crippen MR) is 104 cm³/mol. The number of halogens is 2. The van der Waals surface area contributed by atoms with Crippen LogP contribution in [0.4, 0.5) is 13.6 Å². The highest BCUT2D eigenvalue weighted by Gasteiger charge is 2.46. The van der Waals surface area contributed by atoms with E-state index in [0.29, 0.717) is 6.42 Å². The molecule has 0 aliphatic heterocycles. The second-order valence-corrected chi connectivity index (χ2v) is 8.06. The second-order valence-electron chi connectivity index (χ2n) is 8.06. The van der Waals surface area contributed by atoms with E-state index in [1.807, 2.05) is 6.92 Å². The predicted octanol–water partition coefficient (Wildman–Crippen LogP) is 3.88. The molecule has 1 atom stereocenters. The number of carbonyl (C=O) groups is 3. The number of carbonyl (C=O) groups excluding carboxylic acids is 3. The van der Waals surface area contributed by atoms with Gasteiger partial charge in [0.2, 0.25) is 0 Å². The molecule has 7 nitrogen and oxygen atoms in total. The number of hydrogen-bond donors (Lipinski definition) is 0. The van der Waals surface area contributed by atoms with Crippen molar-refractivity contribution in [1.29, 1.82) is 0 Å². The topological polar surface area (TPSA) is 102 Å². The van der Waals surface area contributed by atoms with Crippen molar-refractivity contribution in [3.05, 3.63) is 29.8 Å². The van der Waals surface area contributed by atoms with Gasteiger partial charge >= 0.3 is 18.0 Å². The van der Waals surface area contributed by atoms with Crippen molar-refractivity contribution in [2.75, 3.05) is 0 Å². The lowest BCUT2D eigenvalue weighted by molar-refractivity contribution is -0.337. The first-order valence-electron chi connectivity index (χ1n) is 10.3. The Morgan fingerprint density at radius 2 is 1.68 bits per heavy atom. The molecular formula is C22H27F2O7-. The molecule has 0 aromatic heterocycles. The summed E-state index contributed by atoms with van der Waals surface area (Å²) >= 11 is 0. The summed E-state index contributed by atoms with van der Waals surface area (Å²) in [6.45, 7) is 4.55. The molecule has 1 aliphatic carbocycles. The SMILES string of the molecule is CCC1(OC(=O)Oc2ccc(C(=O)OC(C(C)C)C(F)(F)C(=O)[O-])cc2)CCCCC1. The van der Waals surface area contributed by atoms with Gasteiger partial charge in [0.25, 0.3) is 0 Å². The molecule has 1 fully saturated rings. The van der Waals surface area contributed by atoms with E-state index in [0.717, 1.165) is 32.1 Å². The third-order valence-electron chi connectivity index (χ3n) is 5.47. The Kier molecular flexibility index (Phi) is 7.97. The summed E-state index contributed by atoms with van der Waals surface area (Å²) < 4.78 is 43.0. The second kappa shape index (κ2) is 10.1. The summed E-state index contributed by atoms with van der Waals surface area (Å²) in [5.41, 5.74) is -0.646. The fourth-order valence-corrected chi connectivity index (χ4v) is 3.61. The van der Waals surface area contributed by atoms with Crippen LogP contribution >= 0.6 is 0 Å². The smallest absolute Gasteiger partial charge is 0.514 e. The first-order chi connectivity index (χ1) is 14.5. The number of alkyl halides is 2. The van der Waals surface area contributed by atoms with E-state index in [1.54, 1.807) is 0 Å². The van der Waals surface area contributed by atoms with E-state index in [2.05, 4.69) is 0 Å². The Morgan fingerprint density at radius 3 is 2.16 bits per heavy atom. The number of hydrogen-bond acceptors (Lipinski definition) is 7. The van der Waals surface area contributed by atoms with E-state index in [9.17, 15) is 28.3 Å². The van der Waals surface area contributed by atoms with Crippen LogP contribution in [0.2, 0.25) is 0 Å². The molecule has 1 aromatic rings. The highest BCUT2D eigenvalue weighted by molar-refractivity contribution is 5.90. The summed E-state index contributed by atoms with van der Waals surface area (Å²) in [7, 11) is 0. The van der Waals surface area contributed by atoms with Gasteiger partial charge in [-0.3, -0.25) is 0 Å². The third kappa shape index (κ3) is 6.15. The Labute approximate surface area is 179 Å².